The summed E-state index contributed by atoms with van der Waals surface area (Å²) >= 11 is 0. The summed E-state index contributed by atoms with van der Waals surface area (Å²) in [6, 6.07) is 4.08. The van der Waals surface area contributed by atoms with E-state index in [2.05, 4.69) is 4.74 Å². The number of carbonyl (C=O) groups excluding carboxylic acids is 1. The summed E-state index contributed by atoms with van der Waals surface area (Å²) in [7, 11) is 0. The molecular formula is C9H12N2O2. The lowest BCUT2D eigenvalue weighted by atomic mass is 10.0. The Morgan fingerprint density at radius 2 is 2.15 bits per heavy atom. The van der Waals surface area contributed by atoms with Crippen molar-refractivity contribution < 1.29 is 9.53 Å². The highest BCUT2D eigenvalue weighted by molar-refractivity contribution is 5.36. The van der Waals surface area contributed by atoms with Gasteiger partial charge in [0.05, 0.1) is 18.1 Å². The van der Waals surface area contributed by atoms with Gasteiger partial charge in [0, 0.05) is 6.42 Å². The van der Waals surface area contributed by atoms with E-state index >= 15 is 0 Å². The van der Waals surface area contributed by atoms with Crippen LogP contribution in [0.2, 0.25) is 0 Å². The van der Waals surface area contributed by atoms with Gasteiger partial charge in [-0.1, -0.05) is 6.42 Å². The van der Waals surface area contributed by atoms with Crippen molar-refractivity contribution in [1.29, 1.82) is 10.5 Å². The Morgan fingerprint density at radius 3 is 2.69 bits per heavy atom. The van der Waals surface area contributed by atoms with Crippen molar-refractivity contribution in [2.75, 3.05) is 6.61 Å². The molecule has 0 saturated heterocycles. The van der Waals surface area contributed by atoms with Gasteiger partial charge >= 0.3 is 0 Å². The largest absolute Gasteiger partial charge is 0.467 e. The van der Waals surface area contributed by atoms with E-state index in [1.165, 1.54) is 0 Å². The standard InChI is InChI=1S/C9H12N2O2/c10-5-3-1-2-4-9(6-11)7-13-8-12/h8-9H,1-4,7H2. The second-order valence-electron chi connectivity index (χ2n) is 2.66. The monoisotopic (exact) mass is 180 g/mol. The summed E-state index contributed by atoms with van der Waals surface area (Å²) < 4.78 is 4.48. The molecule has 0 aromatic rings. The summed E-state index contributed by atoms with van der Waals surface area (Å²) in [5, 5.41) is 16.8. The van der Waals surface area contributed by atoms with E-state index in [-0.39, 0.29) is 12.5 Å². The summed E-state index contributed by atoms with van der Waals surface area (Å²) in [5.74, 6) is -0.233. The Kier molecular flexibility index (Phi) is 7.53. The molecule has 0 rings (SSSR count). The van der Waals surface area contributed by atoms with Crippen LogP contribution in [-0.2, 0) is 9.53 Å². The number of nitriles is 2. The molecule has 13 heavy (non-hydrogen) atoms. The van der Waals surface area contributed by atoms with Gasteiger partial charge in [-0.3, -0.25) is 4.79 Å². The number of ether oxygens (including phenoxy) is 1. The lowest BCUT2D eigenvalue weighted by Crippen LogP contribution is -2.06. The highest BCUT2D eigenvalue weighted by Crippen LogP contribution is 2.08. The first-order valence-corrected chi connectivity index (χ1v) is 4.17. The normalized spacial score (nSPS) is 10.9. The van der Waals surface area contributed by atoms with E-state index in [1.807, 2.05) is 12.1 Å². The lowest BCUT2D eigenvalue weighted by molar-refractivity contribution is -0.129. The number of hydrogen-bond acceptors (Lipinski definition) is 4. The van der Waals surface area contributed by atoms with Crippen LogP contribution in [0, 0.1) is 28.6 Å². The Hall–Kier alpha value is -1.55. The fourth-order valence-corrected chi connectivity index (χ4v) is 0.935. The molecule has 0 aliphatic heterocycles. The van der Waals surface area contributed by atoms with Gasteiger partial charge in [0.2, 0.25) is 0 Å². The fraction of sp³-hybridized carbons (Fsp3) is 0.667. The molecule has 0 radical (unpaired) electrons. The third-order valence-electron chi connectivity index (χ3n) is 1.64. The van der Waals surface area contributed by atoms with E-state index in [0.29, 0.717) is 19.3 Å². The molecule has 70 valence electrons. The van der Waals surface area contributed by atoms with Crippen molar-refractivity contribution in [2.24, 2.45) is 5.92 Å². The molecule has 0 aromatic carbocycles. The molecule has 4 nitrogen and oxygen atoms in total. The first-order valence-electron chi connectivity index (χ1n) is 4.17. The smallest absolute Gasteiger partial charge is 0.293 e. The molecule has 1 unspecified atom stereocenters. The van der Waals surface area contributed by atoms with Gasteiger partial charge in [-0.05, 0) is 12.8 Å². The van der Waals surface area contributed by atoms with E-state index < -0.39 is 0 Å². The maximum Gasteiger partial charge on any atom is 0.293 e. The quantitative estimate of drug-likeness (QED) is 0.438. The zero-order valence-electron chi connectivity index (χ0n) is 7.40. The summed E-state index contributed by atoms with van der Waals surface area (Å²) in [4.78, 5) is 9.83. The van der Waals surface area contributed by atoms with Crippen molar-refractivity contribution in [2.45, 2.75) is 25.7 Å². The number of nitrogens with zero attached hydrogens (tertiary/aromatic N) is 2. The van der Waals surface area contributed by atoms with Gasteiger partial charge in [-0.25, -0.2) is 0 Å². The molecule has 0 N–H and O–H groups in total. The van der Waals surface area contributed by atoms with Crippen LogP contribution in [0.5, 0.6) is 0 Å². The summed E-state index contributed by atoms with van der Waals surface area (Å²) in [5.41, 5.74) is 0. The first-order chi connectivity index (χ1) is 6.35. The topological polar surface area (TPSA) is 73.9 Å². The Labute approximate surface area is 77.7 Å². The summed E-state index contributed by atoms with van der Waals surface area (Å²) in [6.45, 7) is 0.506. The molecule has 0 aromatic heterocycles. The minimum Gasteiger partial charge on any atom is -0.467 e. The van der Waals surface area contributed by atoms with Gasteiger partial charge in [-0.15, -0.1) is 0 Å². The van der Waals surface area contributed by atoms with E-state index in [1.54, 1.807) is 0 Å². The average Bonchev–Trinajstić information content (AvgIpc) is 2.17. The number of carbonyl (C=O) groups is 1. The molecule has 4 heteroatoms. The summed E-state index contributed by atoms with van der Waals surface area (Å²) in [6.07, 6.45) is 2.84. The van der Waals surface area contributed by atoms with E-state index in [0.717, 1.165) is 12.8 Å². The Bertz CT molecular complexity index is 215. The van der Waals surface area contributed by atoms with Crippen molar-refractivity contribution in [3.63, 3.8) is 0 Å². The molecule has 0 saturated carbocycles. The maximum atomic E-state index is 9.83. The van der Waals surface area contributed by atoms with Crippen LogP contribution < -0.4 is 0 Å². The molecule has 0 bridgehead atoms. The predicted octanol–water partition coefficient (Wildman–Crippen LogP) is 1.38. The molecule has 0 heterocycles. The van der Waals surface area contributed by atoms with E-state index in [9.17, 15) is 4.79 Å². The molecule has 0 amide bonds. The lowest BCUT2D eigenvalue weighted by Gasteiger charge is -2.05. The minimum absolute atomic E-state index is 0.159. The Morgan fingerprint density at radius 1 is 1.38 bits per heavy atom. The van der Waals surface area contributed by atoms with Crippen LogP contribution in [0.1, 0.15) is 25.7 Å². The first kappa shape index (κ1) is 11.4. The number of unbranched alkanes of at least 4 members (excludes halogenated alkanes) is 2. The third-order valence-corrected chi connectivity index (χ3v) is 1.64. The highest BCUT2D eigenvalue weighted by Gasteiger charge is 2.06. The molecule has 0 fully saturated rings. The van der Waals surface area contributed by atoms with Crippen LogP contribution in [0.3, 0.4) is 0 Å². The van der Waals surface area contributed by atoms with Crippen LogP contribution in [0.4, 0.5) is 0 Å². The van der Waals surface area contributed by atoms with Gasteiger partial charge < -0.3 is 4.74 Å². The number of rotatable bonds is 7. The molecule has 1 atom stereocenters. The molecular weight excluding hydrogens is 168 g/mol. The average molecular weight is 180 g/mol. The van der Waals surface area contributed by atoms with Gasteiger partial charge in [-0.2, -0.15) is 10.5 Å². The van der Waals surface area contributed by atoms with Crippen LogP contribution in [0.15, 0.2) is 0 Å². The van der Waals surface area contributed by atoms with E-state index in [4.69, 9.17) is 10.5 Å². The highest BCUT2D eigenvalue weighted by atomic mass is 16.5. The Balaban J connectivity index is 3.44. The molecule has 0 spiro atoms. The third kappa shape index (κ3) is 6.83. The number of hydrogen-bond donors (Lipinski definition) is 0. The van der Waals surface area contributed by atoms with Crippen molar-refractivity contribution in [1.82, 2.24) is 0 Å². The van der Waals surface area contributed by atoms with Gasteiger partial charge in [0.1, 0.15) is 6.61 Å². The van der Waals surface area contributed by atoms with Crippen LogP contribution in [-0.4, -0.2) is 13.1 Å². The molecule has 0 aliphatic carbocycles. The van der Waals surface area contributed by atoms with Gasteiger partial charge in [0.25, 0.3) is 6.47 Å². The second kappa shape index (κ2) is 8.55. The van der Waals surface area contributed by atoms with Crippen molar-refractivity contribution >= 4 is 6.47 Å². The van der Waals surface area contributed by atoms with Crippen LogP contribution in [0.25, 0.3) is 0 Å². The van der Waals surface area contributed by atoms with Crippen LogP contribution >= 0.6 is 0 Å². The maximum absolute atomic E-state index is 9.83. The molecule has 0 aliphatic rings. The van der Waals surface area contributed by atoms with Crippen molar-refractivity contribution in [3.05, 3.63) is 0 Å². The second-order valence-corrected chi connectivity index (χ2v) is 2.66. The SMILES string of the molecule is N#CCCCCC(C#N)COC=O. The van der Waals surface area contributed by atoms with Crippen molar-refractivity contribution in [3.8, 4) is 12.1 Å². The van der Waals surface area contributed by atoms with Gasteiger partial charge in [0.15, 0.2) is 0 Å². The zero-order valence-corrected chi connectivity index (χ0v) is 7.40. The fourth-order valence-electron chi connectivity index (χ4n) is 0.935. The predicted molar refractivity (Wildman–Crippen MR) is 45.2 cm³/mol. The zero-order chi connectivity index (χ0) is 9.94. The minimum atomic E-state index is -0.233.